The summed E-state index contributed by atoms with van der Waals surface area (Å²) in [6, 6.07) is 0.430. The Labute approximate surface area is 99.2 Å². The third kappa shape index (κ3) is 5.47. The number of nitrogens with zero attached hydrogens (tertiary/aromatic N) is 2. The van der Waals surface area contributed by atoms with Gasteiger partial charge in [-0.15, -0.1) is 0 Å². The Hall–Kier alpha value is -0.610. The van der Waals surface area contributed by atoms with E-state index >= 15 is 0 Å². The minimum absolute atomic E-state index is 0.119. The number of hydrogen-bond acceptors (Lipinski definition) is 3. The van der Waals surface area contributed by atoms with Crippen molar-refractivity contribution in [3.8, 4) is 0 Å². The lowest BCUT2D eigenvalue weighted by atomic mass is 10.2. The van der Waals surface area contributed by atoms with Crippen LogP contribution in [-0.4, -0.2) is 59.1 Å². The van der Waals surface area contributed by atoms with Crippen molar-refractivity contribution in [1.82, 2.24) is 9.80 Å². The van der Waals surface area contributed by atoms with Gasteiger partial charge in [0.05, 0.1) is 12.6 Å². The van der Waals surface area contributed by atoms with E-state index in [1.165, 1.54) is 0 Å². The zero-order valence-electron chi connectivity index (χ0n) is 11.4. The molecule has 1 unspecified atom stereocenters. The zero-order valence-corrected chi connectivity index (χ0v) is 11.4. The predicted octanol–water partition coefficient (Wildman–Crippen LogP) is 0.944. The maximum atomic E-state index is 12.0. The van der Waals surface area contributed by atoms with E-state index in [2.05, 4.69) is 0 Å². The summed E-state index contributed by atoms with van der Waals surface area (Å²) >= 11 is 0. The summed E-state index contributed by atoms with van der Waals surface area (Å²) < 4.78 is 0. The number of amides is 1. The fourth-order valence-electron chi connectivity index (χ4n) is 2.00. The molecule has 0 bridgehead atoms. The molecule has 0 aromatic heterocycles. The number of likely N-dealkylation sites (N-methyl/N-ethyl adjacent to an activating group) is 1. The Kier molecular flexibility index (Phi) is 6.60. The summed E-state index contributed by atoms with van der Waals surface area (Å²) in [4.78, 5) is 15.7. The molecule has 0 aliphatic carbocycles. The van der Waals surface area contributed by atoms with Crippen LogP contribution in [0.2, 0.25) is 0 Å². The van der Waals surface area contributed by atoms with Crippen LogP contribution in [0.15, 0.2) is 0 Å². The topological polar surface area (TPSA) is 43.8 Å². The maximum Gasteiger partial charge on any atom is 0.237 e. The number of carbonyl (C=O) groups is 1. The van der Waals surface area contributed by atoms with Crippen molar-refractivity contribution in [3.05, 3.63) is 0 Å². The van der Waals surface area contributed by atoms with Crippen molar-refractivity contribution < 1.29 is 9.90 Å². The molecule has 0 aliphatic heterocycles. The standard InChI is InChI=1S/C12H26N2O2/c1-9(2)14(10(3)4)12(16)8-13(6)7-11(5)15/h9-11,15H,7-8H2,1-6H3. The molecule has 0 heterocycles. The van der Waals surface area contributed by atoms with Crippen LogP contribution in [0.5, 0.6) is 0 Å². The maximum absolute atomic E-state index is 12.0. The third-order valence-electron chi connectivity index (χ3n) is 2.38. The molecule has 0 saturated heterocycles. The number of carbonyl (C=O) groups excluding carboxylic acids is 1. The number of hydrogen-bond donors (Lipinski definition) is 1. The Morgan fingerprint density at radius 3 is 1.88 bits per heavy atom. The average Bonchev–Trinajstić information content (AvgIpc) is 1.98. The summed E-state index contributed by atoms with van der Waals surface area (Å²) in [5, 5.41) is 9.23. The smallest absolute Gasteiger partial charge is 0.237 e. The van der Waals surface area contributed by atoms with Gasteiger partial charge < -0.3 is 10.0 Å². The van der Waals surface area contributed by atoms with Gasteiger partial charge in [0.1, 0.15) is 0 Å². The summed E-state index contributed by atoms with van der Waals surface area (Å²) in [6.07, 6.45) is -0.399. The first-order chi connectivity index (χ1) is 7.25. The van der Waals surface area contributed by atoms with E-state index in [9.17, 15) is 9.90 Å². The lowest BCUT2D eigenvalue weighted by molar-refractivity contribution is -0.135. The highest BCUT2D eigenvalue weighted by molar-refractivity contribution is 5.78. The van der Waals surface area contributed by atoms with E-state index in [1.807, 2.05) is 44.5 Å². The summed E-state index contributed by atoms with van der Waals surface area (Å²) in [7, 11) is 1.85. The molecule has 0 aromatic rings. The average molecular weight is 230 g/mol. The Bertz CT molecular complexity index is 207. The van der Waals surface area contributed by atoms with Gasteiger partial charge in [-0.05, 0) is 41.7 Å². The van der Waals surface area contributed by atoms with Gasteiger partial charge in [0.25, 0.3) is 0 Å². The van der Waals surface area contributed by atoms with Gasteiger partial charge in [0.2, 0.25) is 5.91 Å². The molecule has 1 N–H and O–H groups in total. The van der Waals surface area contributed by atoms with Gasteiger partial charge in [-0.25, -0.2) is 0 Å². The van der Waals surface area contributed by atoms with Gasteiger partial charge in [-0.2, -0.15) is 0 Å². The van der Waals surface area contributed by atoms with Crippen LogP contribution in [-0.2, 0) is 4.79 Å². The lowest BCUT2D eigenvalue weighted by Gasteiger charge is -2.32. The Morgan fingerprint density at radius 1 is 1.12 bits per heavy atom. The van der Waals surface area contributed by atoms with E-state index < -0.39 is 6.10 Å². The molecule has 0 aliphatic rings. The van der Waals surface area contributed by atoms with Crippen LogP contribution < -0.4 is 0 Å². The monoisotopic (exact) mass is 230 g/mol. The Balaban J connectivity index is 4.31. The van der Waals surface area contributed by atoms with Crippen molar-refractivity contribution in [3.63, 3.8) is 0 Å². The number of aliphatic hydroxyl groups is 1. The molecule has 96 valence electrons. The molecule has 0 aromatic carbocycles. The molecule has 1 amide bonds. The van der Waals surface area contributed by atoms with Crippen molar-refractivity contribution in [2.75, 3.05) is 20.1 Å². The first-order valence-corrected chi connectivity index (χ1v) is 5.93. The van der Waals surface area contributed by atoms with Gasteiger partial charge in [0.15, 0.2) is 0 Å². The first kappa shape index (κ1) is 15.4. The zero-order chi connectivity index (χ0) is 12.9. The Morgan fingerprint density at radius 2 is 1.56 bits per heavy atom. The van der Waals surface area contributed by atoms with Crippen molar-refractivity contribution in [2.24, 2.45) is 0 Å². The minimum atomic E-state index is -0.399. The molecule has 0 saturated carbocycles. The normalized spacial score (nSPS) is 13.6. The molecule has 1 atom stereocenters. The highest BCUT2D eigenvalue weighted by atomic mass is 16.3. The molecular formula is C12H26N2O2. The van der Waals surface area contributed by atoms with Gasteiger partial charge in [0, 0.05) is 18.6 Å². The summed E-state index contributed by atoms with van der Waals surface area (Å²) in [5.74, 6) is 0.119. The quantitative estimate of drug-likeness (QED) is 0.738. The first-order valence-electron chi connectivity index (χ1n) is 5.93. The fraction of sp³-hybridized carbons (Fsp3) is 0.917. The van der Waals surface area contributed by atoms with Crippen LogP contribution in [0, 0.1) is 0 Å². The largest absolute Gasteiger partial charge is 0.392 e. The summed E-state index contributed by atoms with van der Waals surface area (Å²) in [6.45, 7) is 10.7. The SMILES string of the molecule is CC(O)CN(C)CC(=O)N(C(C)C)C(C)C. The van der Waals surface area contributed by atoms with Crippen LogP contribution >= 0.6 is 0 Å². The molecule has 4 heteroatoms. The molecule has 0 fully saturated rings. The molecular weight excluding hydrogens is 204 g/mol. The van der Waals surface area contributed by atoms with Crippen LogP contribution in [0.1, 0.15) is 34.6 Å². The van der Waals surface area contributed by atoms with E-state index in [-0.39, 0.29) is 18.0 Å². The minimum Gasteiger partial charge on any atom is -0.392 e. The third-order valence-corrected chi connectivity index (χ3v) is 2.38. The second kappa shape index (κ2) is 6.86. The molecule has 0 radical (unpaired) electrons. The van der Waals surface area contributed by atoms with Gasteiger partial charge in [-0.3, -0.25) is 9.69 Å². The van der Waals surface area contributed by atoms with Gasteiger partial charge >= 0.3 is 0 Å². The van der Waals surface area contributed by atoms with Crippen LogP contribution in [0.25, 0.3) is 0 Å². The highest BCUT2D eigenvalue weighted by Gasteiger charge is 2.21. The van der Waals surface area contributed by atoms with Crippen molar-refractivity contribution in [1.29, 1.82) is 0 Å². The van der Waals surface area contributed by atoms with E-state index in [0.29, 0.717) is 13.1 Å². The van der Waals surface area contributed by atoms with Gasteiger partial charge in [-0.1, -0.05) is 0 Å². The molecule has 0 spiro atoms. The van der Waals surface area contributed by atoms with Crippen molar-refractivity contribution >= 4 is 5.91 Å². The van der Waals surface area contributed by atoms with Crippen LogP contribution in [0.3, 0.4) is 0 Å². The summed E-state index contributed by atoms with van der Waals surface area (Å²) in [5.41, 5.74) is 0. The van der Waals surface area contributed by atoms with Crippen LogP contribution in [0.4, 0.5) is 0 Å². The predicted molar refractivity (Wildman–Crippen MR) is 66.3 cm³/mol. The van der Waals surface area contributed by atoms with E-state index in [0.717, 1.165) is 0 Å². The van der Waals surface area contributed by atoms with E-state index in [1.54, 1.807) is 6.92 Å². The highest BCUT2D eigenvalue weighted by Crippen LogP contribution is 2.06. The molecule has 16 heavy (non-hydrogen) atoms. The molecule has 0 rings (SSSR count). The fourth-order valence-corrected chi connectivity index (χ4v) is 2.00. The van der Waals surface area contributed by atoms with E-state index in [4.69, 9.17) is 0 Å². The lowest BCUT2D eigenvalue weighted by Crippen LogP contribution is -2.47. The number of aliphatic hydroxyl groups excluding tert-OH is 1. The molecule has 4 nitrogen and oxygen atoms in total. The van der Waals surface area contributed by atoms with Crippen molar-refractivity contribution in [2.45, 2.75) is 52.8 Å². The second-order valence-electron chi connectivity index (χ2n) is 5.03. The second-order valence-corrected chi connectivity index (χ2v) is 5.03. The number of rotatable bonds is 6.